The van der Waals surface area contributed by atoms with Gasteiger partial charge in [0.2, 0.25) is 5.91 Å². The lowest BCUT2D eigenvalue weighted by Crippen LogP contribution is -2.45. The molecule has 1 aliphatic heterocycles. The number of halogens is 1. The van der Waals surface area contributed by atoms with E-state index in [4.69, 9.17) is 10.5 Å². The van der Waals surface area contributed by atoms with Gasteiger partial charge in [0, 0.05) is 32.2 Å². The van der Waals surface area contributed by atoms with Crippen LogP contribution in [0.4, 0.5) is 4.39 Å². The minimum absolute atomic E-state index is 0.298. The van der Waals surface area contributed by atoms with Crippen molar-refractivity contribution in [2.24, 2.45) is 16.6 Å². The van der Waals surface area contributed by atoms with Crippen molar-refractivity contribution in [3.63, 3.8) is 0 Å². The number of rotatable bonds is 9. The predicted molar refractivity (Wildman–Crippen MR) is 109 cm³/mol. The summed E-state index contributed by atoms with van der Waals surface area (Å²) in [5.41, 5.74) is 6.43. The molecule has 1 aliphatic rings. The van der Waals surface area contributed by atoms with Crippen LogP contribution in [0.3, 0.4) is 0 Å². The number of nitrogens with two attached hydrogens (primary N) is 1. The number of primary amides is 1. The Balaban J connectivity index is 1.90. The van der Waals surface area contributed by atoms with Gasteiger partial charge in [0.25, 0.3) is 0 Å². The lowest BCUT2D eigenvalue weighted by Gasteiger charge is -2.31. The maximum atomic E-state index is 13.1. The number of carbonyl (C=O) groups is 1. The van der Waals surface area contributed by atoms with Crippen molar-refractivity contribution < 1.29 is 13.9 Å². The van der Waals surface area contributed by atoms with E-state index in [9.17, 15) is 9.18 Å². The lowest BCUT2D eigenvalue weighted by molar-refractivity contribution is -0.121. The van der Waals surface area contributed by atoms with E-state index in [1.165, 1.54) is 12.1 Å². The highest BCUT2D eigenvalue weighted by Crippen LogP contribution is 2.10. The summed E-state index contributed by atoms with van der Waals surface area (Å²) in [4.78, 5) is 18.9. The summed E-state index contributed by atoms with van der Waals surface area (Å²) in [5, 5.41) is 6.41. The van der Waals surface area contributed by atoms with Gasteiger partial charge in [0.05, 0.1) is 25.7 Å². The number of nitrogens with zero attached hydrogens (tertiary/aromatic N) is 2. The standard InChI is InChI=1S/C20H32FN5O2/c1-3-23-20(24-13-15(2)26-8-10-28-11-9-26)25-14-17(19(22)27)12-16-4-6-18(21)7-5-16/h4-7,15,17H,3,8-14H2,1-2H3,(H2,22,27)(H2,23,24,25). The zero-order chi connectivity index (χ0) is 20.4. The van der Waals surface area contributed by atoms with E-state index in [2.05, 4.69) is 27.4 Å². The van der Waals surface area contributed by atoms with Gasteiger partial charge < -0.3 is 21.1 Å². The Hall–Kier alpha value is -2.19. The Morgan fingerprint density at radius 3 is 2.57 bits per heavy atom. The van der Waals surface area contributed by atoms with Crippen molar-refractivity contribution in [3.8, 4) is 0 Å². The summed E-state index contributed by atoms with van der Waals surface area (Å²) in [6, 6.07) is 6.44. The van der Waals surface area contributed by atoms with Crippen molar-refractivity contribution in [2.75, 3.05) is 45.9 Å². The SMILES string of the molecule is CCNC(=NCC(C)N1CCOCC1)NCC(Cc1ccc(F)cc1)C(N)=O. The Morgan fingerprint density at radius 1 is 1.29 bits per heavy atom. The quantitative estimate of drug-likeness (QED) is 0.425. The molecule has 0 radical (unpaired) electrons. The molecular weight excluding hydrogens is 361 g/mol. The first-order valence-corrected chi connectivity index (χ1v) is 9.87. The van der Waals surface area contributed by atoms with Crippen LogP contribution >= 0.6 is 0 Å². The molecule has 4 N–H and O–H groups in total. The third kappa shape index (κ3) is 7.44. The van der Waals surface area contributed by atoms with Crippen molar-refractivity contribution in [3.05, 3.63) is 35.6 Å². The molecule has 1 fully saturated rings. The number of nitrogens with one attached hydrogen (secondary N) is 2. The van der Waals surface area contributed by atoms with E-state index in [1.54, 1.807) is 12.1 Å². The summed E-state index contributed by atoms with van der Waals surface area (Å²) >= 11 is 0. The van der Waals surface area contributed by atoms with Gasteiger partial charge in [-0.1, -0.05) is 12.1 Å². The third-order valence-electron chi connectivity index (χ3n) is 4.84. The van der Waals surface area contributed by atoms with Crippen LogP contribution in [0.5, 0.6) is 0 Å². The van der Waals surface area contributed by atoms with Gasteiger partial charge >= 0.3 is 0 Å². The summed E-state index contributed by atoms with van der Waals surface area (Å²) in [5.74, 6) is -0.443. The molecule has 0 saturated carbocycles. The molecule has 0 aliphatic carbocycles. The molecule has 2 atom stereocenters. The van der Waals surface area contributed by atoms with Gasteiger partial charge in [-0.25, -0.2) is 4.39 Å². The topological polar surface area (TPSA) is 92.0 Å². The maximum absolute atomic E-state index is 13.1. The van der Waals surface area contributed by atoms with Gasteiger partial charge in [-0.05, 0) is 38.0 Å². The molecular formula is C20H32FN5O2. The van der Waals surface area contributed by atoms with Gasteiger partial charge in [-0.15, -0.1) is 0 Å². The summed E-state index contributed by atoms with van der Waals surface area (Å²) in [6.07, 6.45) is 0.451. The molecule has 2 rings (SSSR count). The van der Waals surface area contributed by atoms with Crippen LogP contribution in [-0.4, -0.2) is 68.7 Å². The van der Waals surface area contributed by atoms with Crippen molar-refractivity contribution in [1.82, 2.24) is 15.5 Å². The number of aliphatic imine (C=N–C) groups is 1. The molecule has 1 aromatic carbocycles. The number of hydrogen-bond donors (Lipinski definition) is 3. The van der Waals surface area contributed by atoms with E-state index in [0.717, 1.165) is 38.4 Å². The largest absolute Gasteiger partial charge is 0.379 e. The first kappa shape index (κ1) is 22.1. The monoisotopic (exact) mass is 393 g/mol. The van der Waals surface area contributed by atoms with Crippen LogP contribution in [0.15, 0.2) is 29.3 Å². The Morgan fingerprint density at radius 2 is 1.96 bits per heavy atom. The highest BCUT2D eigenvalue weighted by Gasteiger charge is 2.18. The van der Waals surface area contributed by atoms with Gasteiger partial charge in [0.15, 0.2) is 5.96 Å². The van der Waals surface area contributed by atoms with Crippen LogP contribution in [0.2, 0.25) is 0 Å². The molecule has 2 unspecified atom stereocenters. The van der Waals surface area contributed by atoms with Gasteiger partial charge in [0.1, 0.15) is 5.82 Å². The molecule has 1 saturated heterocycles. The molecule has 1 aromatic rings. The fraction of sp³-hybridized carbons (Fsp3) is 0.600. The molecule has 8 heteroatoms. The van der Waals surface area contributed by atoms with E-state index in [0.29, 0.717) is 31.5 Å². The molecule has 28 heavy (non-hydrogen) atoms. The van der Waals surface area contributed by atoms with Crippen molar-refractivity contribution in [2.45, 2.75) is 26.3 Å². The molecule has 0 aromatic heterocycles. The number of hydrogen-bond acceptors (Lipinski definition) is 4. The number of ether oxygens (including phenoxy) is 1. The first-order valence-electron chi connectivity index (χ1n) is 9.87. The Bertz CT molecular complexity index is 632. The maximum Gasteiger partial charge on any atom is 0.222 e. The highest BCUT2D eigenvalue weighted by atomic mass is 19.1. The molecule has 0 bridgehead atoms. The van der Waals surface area contributed by atoms with Crippen LogP contribution in [0, 0.1) is 11.7 Å². The third-order valence-corrected chi connectivity index (χ3v) is 4.84. The van der Waals surface area contributed by atoms with Crippen molar-refractivity contribution in [1.29, 1.82) is 0 Å². The van der Waals surface area contributed by atoms with Crippen LogP contribution in [0.1, 0.15) is 19.4 Å². The fourth-order valence-electron chi connectivity index (χ4n) is 3.10. The second-order valence-electron chi connectivity index (χ2n) is 7.03. The number of carbonyl (C=O) groups excluding carboxylic acids is 1. The van der Waals surface area contributed by atoms with Crippen LogP contribution < -0.4 is 16.4 Å². The zero-order valence-electron chi connectivity index (χ0n) is 16.8. The number of morpholine rings is 1. The average Bonchev–Trinajstić information content (AvgIpc) is 2.70. The minimum atomic E-state index is -0.411. The van der Waals surface area contributed by atoms with E-state index in [-0.39, 0.29) is 5.82 Å². The Labute approximate surface area is 166 Å². The molecule has 7 nitrogen and oxygen atoms in total. The van der Waals surface area contributed by atoms with E-state index in [1.807, 2.05) is 6.92 Å². The average molecular weight is 394 g/mol. The van der Waals surface area contributed by atoms with Gasteiger partial charge in [-0.3, -0.25) is 14.7 Å². The fourth-order valence-corrected chi connectivity index (χ4v) is 3.10. The Kier molecular flexibility index (Phi) is 9.16. The molecule has 1 heterocycles. The lowest BCUT2D eigenvalue weighted by atomic mass is 9.98. The minimum Gasteiger partial charge on any atom is -0.379 e. The molecule has 1 amide bonds. The second kappa shape index (κ2) is 11.6. The molecule has 0 spiro atoms. The number of benzene rings is 1. The first-order chi connectivity index (χ1) is 13.5. The van der Waals surface area contributed by atoms with Crippen LogP contribution in [-0.2, 0) is 16.0 Å². The van der Waals surface area contributed by atoms with Crippen LogP contribution in [0.25, 0.3) is 0 Å². The summed E-state index contributed by atoms with van der Waals surface area (Å²) in [6.45, 7) is 9.23. The smallest absolute Gasteiger partial charge is 0.222 e. The normalized spacial score (nSPS) is 17.8. The van der Waals surface area contributed by atoms with Crippen molar-refractivity contribution >= 4 is 11.9 Å². The summed E-state index contributed by atoms with van der Waals surface area (Å²) in [7, 11) is 0. The zero-order valence-corrected chi connectivity index (χ0v) is 16.8. The number of amides is 1. The highest BCUT2D eigenvalue weighted by molar-refractivity contribution is 5.81. The molecule has 156 valence electrons. The second-order valence-corrected chi connectivity index (χ2v) is 7.03. The van der Waals surface area contributed by atoms with E-state index < -0.39 is 11.8 Å². The summed E-state index contributed by atoms with van der Waals surface area (Å²) < 4.78 is 18.5. The van der Waals surface area contributed by atoms with Gasteiger partial charge in [-0.2, -0.15) is 0 Å². The number of guanidine groups is 1. The van der Waals surface area contributed by atoms with E-state index >= 15 is 0 Å². The predicted octanol–water partition coefficient (Wildman–Crippen LogP) is 0.746.